The molecule has 2 N–H and O–H groups in total. The topological polar surface area (TPSA) is 107 Å². The molecule has 120 valence electrons. The molecule has 0 spiro atoms. The number of nitrogens with zero attached hydrogens (tertiary/aromatic N) is 4. The molecule has 23 heavy (non-hydrogen) atoms. The highest BCUT2D eigenvalue weighted by molar-refractivity contribution is 8.00. The van der Waals surface area contributed by atoms with Crippen molar-refractivity contribution in [3.05, 3.63) is 17.2 Å². The second-order valence-corrected chi connectivity index (χ2v) is 6.99. The Kier molecular flexibility index (Phi) is 5.46. The van der Waals surface area contributed by atoms with Gasteiger partial charge in [-0.05, 0) is 24.3 Å². The van der Waals surface area contributed by atoms with Crippen molar-refractivity contribution in [3.63, 3.8) is 0 Å². The molecule has 1 aliphatic heterocycles. The lowest BCUT2D eigenvalue weighted by atomic mass is 9.92. The maximum absolute atomic E-state index is 12.4. The Labute approximate surface area is 140 Å². The maximum atomic E-state index is 12.4. The van der Waals surface area contributed by atoms with Gasteiger partial charge in [0, 0.05) is 13.1 Å². The van der Waals surface area contributed by atoms with Crippen LogP contribution in [0, 0.1) is 34.5 Å². The molecule has 2 heterocycles. The van der Waals surface area contributed by atoms with Crippen molar-refractivity contribution in [1.82, 2.24) is 9.88 Å². The van der Waals surface area contributed by atoms with Gasteiger partial charge in [-0.2, -0.15) is 10.5 Å². The van der Waals surface area contributed by atoms with Gasteiger partial charge in [0.1, 0.15) is 23.0 Å². The molecular formula is C16H19N5OS. The third-order valence-electron chi connectivity index (χ3n) is 3.81. The van der Waals surface area contributed by atoms with Crippen molar-refractivity contribution in [2.45, 2.75) is 25.3 Å². The van der Waals surface area contributed by atoms with E-state index in [1.807, 2.05) is 17.0 Å². The van der Waals surface area contributed by atoms with Crippen LogP contribution in [0.2, 0.25) is 0 Å². The number of rotatable bonds is 3. The summed E-state index contributed by atoms with van der Waals surface area (Å²) in [7, 11) is 0. The number of nitriles is 2. The van der Waals surface area contributed by atoms with Crippen LogP contribution in [0.4, 0.5) is 5.82 Å². The first-order chi connectivity index (χ1) is 10.9. The van der Waals surface area contributed by atoms with Crippen LogP contribution < -0.4 is 5.73 Å². The quantitative estimate of drug-likeness (QED) is 0.850. The molecule has 0 saturated carbocycles. The monoisotopic (exact) mass is 329 g/mol. The number of aromatic nitrogens is 1. The summed E-state index contributed by atoms with van der Waals surface area (Å²) in [6, 6.07) is 5.32. The molecule has 0 aromatic carbocycles. The highest BCUT2D eigenvalue weighted by Crippen LogP contribution is 2.26. The number of nitrogens with two attached hydrogens (primary N) is 1. The van der Waals surface area contributed by atoms with Crippen LogP contribution in [0.25, 0.3) is 0 Å². The first kappa shape index (κ1) is 17.1. The Morgan fingerprint density at radius 3 is 2.52 bits per heavy atom. The molecule has 6 nitrogen and oxygen atoms in total. The lowest BCUT2D eigenvalue weighted by Gasteiger charge is -2.35. The standard InChI is InChI=1S/C16H19N5OS/c1-10-3-11(2)8-21(7-10)14(22)9-23-16-13(6-18)4-12(5-17)15(19)20-16/h4,10-11H,3,7-9H2,1-2H3,(H2,19,20)/t10-,11+. The second kappa shape index (κ2) is 7.34. The summed E-state index contributed by atoms with van der Waals surface area (Å²) in [5.41, 5.74) is 6.14. The summed E-state index contributed by atoms with van der Waals surface area (Å²) in [5, 5.41) is 18.5. The van der Waals surface area contributed by atoms with Gasteiger partial charge in [0.05, 0.1) is 16.9 Å². The maximum Gasteiger partial charge on any atom is 0.233 e. The number of piperidine rings is 1. The molecule has 1 aromatic rings. The number of likely N-dealkylation sites (tertiary alicyclic amines) is 1. The highest BCUT2D eigenvalue weighted by atomic mass is 32.2. The third-order valence-corrected chi connectivity index (χ3v) is 4.79. The number of anilines is 1. The Bertz CT molecular complexity index is 681. The average Bonchev–Trinajstić information content (AvgIpc) is 2.51. The Morgan fingerprint density at radius 2 is 1.96 bits per heavy atom. The van der Waals surface area contributed by atoms with Gasteiger partial charge in [-0.15, -0.1) is 0 Å². The van der Waals surface area contributed by atoms with Gasteiger partial charge in [-0.3, -0.25) is 4.79 Å². The fourth-order valence-electron chi connectivity index (χ4n) is 2.88. The molecule has 1 aliphatic rings. The highest BCUT2D eigenvalue weighted by Gasteiger charge is 2.25. The van der Waals surface area contributed by atoms with E-state index in [0.717, 1.165) is 19.5 Å². The minimum atomic E-state index is 0.0435. The number of thioether (sulfide) groups is 1. The van der Waals surface area contributed by atoms with Gasteiger partial charge in [-0.1, -0.05) is 25.6 Å². The fraction of sp³-hybridized carbons (Fsp3) is 0.500. The number of hydrogen-bond donors (Lipinski definition) is 1. The van der Waals surface area contributed by atoms with Gasteiger partial charge in [-0.25, -0.2) is 4.98 Å². The summed E-state index contributed by atoms with van der Waals surface area (Å²) < 4.78 is 0. The molecule has 0 aliphatic carbocycles. The smallest absolute Gasteiger partial charge is 0.233 e. The van der Waals surface area contributed by atoms with Crippen molar-refractivity contribution in [3.8, 4) is 12.1 Å². The molecule has 7 heteroatoms. The largest absolute Gasteiger partial charge is 0.383 e. The van der Waals surface area contributed by atoms with E-state index in [2.05, 4.69) is 18.8 Å². The summed E-state index contributed by atoms with van der Waals surface area (Å²) in [4.78, 5) is 18.3. The van der Waals surface area contributed by atoms with Crippen molar-refractivity contribution < 1.29 is 4.79 Å². The molecule has 1 amide bonds. The van der Waals surface area contributed by atoms with E-state index in [-0.39, 0.29) is 28.6 Å². The van der Waals surface area contributed by atoms with E-state index in [1.54, 1.807) is 0 Å². The van der Waals surface area contributed by atoms with E-state index in [1.165, 1.54) is 17.8 Å². The zero-order chi connectivity index (χ0) is 17.0. The van der Waals surface area contributed by atoms with Crippen LogP contribution in [-0.2, 0) is 4.79 Å². The molecule has 1 saturated heterocycles. The summed E-state index contributed by atoms with van der Waals surface area (Å²) in [6.45, 7) is 5.86. The molecule has 2 atom stereocenters. The zero-order valence-corrected chi connectivity index (χ0v) is 14.1. The summed E-state index contributed by atoms with van der Waals surface area (Å²) in [6.07, 6.45) is 1.14. The Balaban J connectivity index is 2.06. The van der Waals surface area contributed by atoms with E-state index < -0.39 is 0 Å². The summed E-state index contributed by atoms with van der Waals surface area (Å²) in [5.74, 6) is 1.35. The van der Waals surface area contributed by atoms with Crippen molar-refractivity contribution in [2.75, 3.05) is 24.6 Å². The molecule has 1 aromatic heterocycles. The number of nitrogen functional groups attached to an aromatic ring is 1. The first-order valence-electron chi connectivity index (χ1n) is 7.45. The molecule has 0 radical (unpaired) electrons. The predicted molar refractivity (Wildman–Crippen MR) is 88.3 cm³/mol. The minimum absolute atomic E-state index is 0.0435. The van der Waals surface area contributed by atoms with Crippen LogP contribution in [0.15, 0.2) is 11.1 Å². The normalized spacial score (nSPS) is 20.6. The number of amides is 1. The van der Waals surface area contributed by atoms with Gasteiger partial charge in [0.2, 0.25) is 5.91 Å². The van der Waals surface area contributed by atoms with Crippen LogP contribution >= 0.6 is 11.8 Å². The molecular weight excluding hydrogens is 310 g/mol. The van der Waals surface area contributed by atoms with Gasteiger partial charge >= 0.3 is 0 Å². The van der Waals surface area contributed by atoms with Gasteiger partial charge in [0.15, 0.2) is 0 Å². The number of carbonyl (C=O) groups is 1. The minimum Gasteiger partial charge on any atom is -0.383 e. The van der Waals surface area contributed by atoms with Crippen LogP contribution in [0.3, 0.4) is 0 Å². The van der Waals surface area contributed by atoms with E-state index in [0.29, 0.717) is 16.9 Å². The lowest BCUT2D eigenvalue weighted by Crippen LogP contribution is -2.43. The van der Waals surface area contributed by atoms with Crippen LogP contribution in [-0.4, -0.2) is 34.6 Å². The van der Waals surface area contributed by atoms with E-state index in [4.69, 9.17) is 16.3 Å². The molecule has 1 fully saturated rings. The van der Waals surface area contributed by atoms with Crippen molar-refractivity contribution in [2.24, 2.45) is 11.8 Å². The number of carbonyl (C=O) groups excluding carboxylic acids is 1. The molecule has 0 bridgehead atoms. The number of hydrogen-bond acceptors (Lipinski definition) is 6. The van der Waals surface area contributed by atoms with Gasteiger partial charge < -0.3 is 10.6 Å². The van der Waals surface area contributed by atoms with Crippen molar-refractivity contribution >= 4 is 23.5 Å². The predicted octanol–water partition coefficient (Wildman–Crippen LogP) is 2.00. The third kappa shape index (κ3) is 4.14. The first-order valence-corrected chi connectivity index (χ1v) is 8.44. The Morgan fingerprint density at radius 1 is 1.35 bits per heavy atom. The van der Waals surface area contributed by atoms with Crippen molar-refractivity contribution in [1.29, 1.82) is 10.5 Å². The van der Waals surface area contributed by atoms with Crippen LogP contribution in [0.1, 0.15) is 31.4 Å². The average molecular weight is 329 g/mol. The molecule has 2 rings (SSSR count). The van der Waals surface area contributed by atoms with E-state index >= 15 is 0 Å². The lowest BCUT2D eigenvalue weighted by molar-refractivity contribution is -0.130. The molecule has 0 unspecified atom stereocenters. The second-order valence-electron chi connectivity index (χ2n) is 6.03. The summed E-state index contributed by atoms with van der Waals surface area (Å²) >= 11 is 1.19. The Hall–Kier alpha value is -2.25. The van der Waals surface area contributed by atoms with Crippen LogP contribution in [0.5, 0.6) is 0 Å². The SMILES string of the molecule is C[C@@H]1C[C@H](C)CN(C(=O)CSc2nc(N)c(C#N)cc2C#N)C1. The van der Waals surface area contributed by atoms with Gasteiger partial charge in [0.25, 0.3) is 0 Å². The fourth-order valence-corrected chi connectivity index (χ4v) is 3.74. The van der Waals surface area contributed by atoms with E-state index in [9.17, 15) is 4.79 Å². The number of pyridine rings is 1. The zero-order valence-electron chi connectivity index (χ0n) is 13.2.